The number of pyridine rings is 1. The molecule has 0 fully saturated rings. The second kappa shape index (κ2) is 4.47. The summed E-state index contributed by atoms with van der Waals surface area (Å²) in [5, 5.41) is 0. The molecule has 0 spiro atoms. The highest BCUT2D eigenvalue weighted by Crippen LogP contribution is 2.22. The maximum absolute atomic E-state index is 13.1. The lowest BCUT2D eigenvalue weighted by atomic mass is 10.1. The zero-order valence-electron chi connectivity index (χ0n) is 8.95. The summed E-state index contributed by atoms with van der Waals surface area (Å²) in [6, 6.07) is 6.98. The van der Waals surface area contributed by atoms with E-state index in [9.17, 15) is 8.78 Å². The fourth-order valence-electron chi connectivity index (χ4n) is 1.49. The molecule has 0 aliphatic carbocycles. The standard InChI is InChI=1S/C12H11F2N3/c13-9-3-1-7(5-10(9)14)11-4-2-8(6-15)12(16)17-11/h1-5H,6,15H2,(H2,16,17). The maximum Gasteiger partial charge on any atom is 0.159 e. The monoisotopic (exact) mass is 235 g/mol. The van der Waals surface area contributed by atoms with Gasteiger partial charge in [-0.05, 0) is 24.3 Å². The number of benzene rings is 1. The molecule has 1 aromatic heterocycles. The summed E-state index contributed by atoms with van der Waals surface area (Å²) in [4.78, 5) is 4.09. The zero-order valence-corrected chi connectivity index (χ0v) is 8.95. The largest absolute Gasteiger partial charge is 0.383 e. The van der Waals surface area contributed by atoms with Crippen molar-refractivity contribution in [3.05, 3.63) is 47.5 Å². The Morgan fingerprint density at radius 1 is 1.06 bits per heavy atom. The molecular weight excluding hydrogens is 224 g/mol. The van der Waals surface area contributed by atoms with Crippen molar-refractivity contribution in [1.82, 2.24) is 4.98 Å². The highest BCUT2D eigenvalue weighted by atomic mass is 19.2. The summed E-state index contributed by atoms with van der Waals surface area (Å²) in [5.74, 6) is -1.50. The van der Waals surface area contributed by atoms with Crippen molar-refractivity contribution < 1.29 is 8.78 Å². The van der Waals surface area contributed by atoms with Gasteiger partial charge in [-0.3, -0.25) is 0 Å². The van der Waals surface area contributed by atoms with Crippen LogP contribution in [0.4, 0.5) is 14.6 Å². The second-order valence-corrected chi connectivity index (χ2v) is 3.57. The smallest absolute Gasteiger partial charge is 0.159 e. The first-order chi connectivity index (χ1) is 8.11. The van der Waals surface area contributed by atoms with Gasteiger partial charge in [0.15, 0.2) is 11.6 Å². The first kappa shape index (κ1) is 11.5. The topological polar surface area (TPSA) is 64.9 Å². The fourth-order valence-corrected chi connectivity index (χ4v) is 1.49. The number of aromatic nitrogens is 1. The Balaban J connectivity index is 2.46. The van der Waals surface area contributed by atoms with Crippen LogP contribution in [0.5, 0.6) is 0 Å². The minimum Gasteiger partial charge on any atom is -0.383 e. The van der Waals surface area contributed by atoms with Crippen LogP contribution in [0.15, 0.2) is 30.3 Å². The van der Waals surface area contributed by atoms with E-state index in [1.165, 1.54) is 6.07 Å². The molecule has 1 heterocycles. The molecule has 0 aliphatic rings. The number of halogens is 2. The van der Waals surface area contributed by atoms with Gasteiger partial charge in [0.05, 0.1) is 5.69 Å². The Bertz CT molecular complexity index is 555. The molecule has 0 amide bonds. The first-order valence-corrected chi connectivity index (χ1v) is 5.02. The van der Waals surface area contributed by atoms with Crippen LogP contribution in [0.1, 0.15) is 5.56 Å². The van der Waals surface area contributed by atoms with E-state index in [1.54, 1.807) is 12.1 Å². The summed E-state index contributed by atoms with van der Waals surface area (Å²) in [5.41, 5.74) is 12.8. The Labute approximate surface area is 97.1 Å². The van der Waals surface area contributed by atoms with Gasteiger partial charge in [0.25, 0.3) is 0 Å². The number of hydrogen-bond acceptors (Lipinski definition) is 3. The van der Waals surface area contributed by atoms with Crippen LogP contribution >= 0.6 is 0 Å². The maximum atomic E-state index is 13.1. The van der Waals surface area contributed by atoms with Gasteiger partial charge in [-0.1, -0.05) is 6.07 Å². The molecule has 2 rings (SSSR count). The zero-order chi connectivity index (χ0) is 12.4. The SMILES string of the molecule is NCc1ccc(-c2ccc(F)c(F)c2)nc1N. The first-order valence-electron chi connectivity index (χ1n) is 5.02. The van der Waals surface area contributed by atoms with E-state index in [4.69, 9.17) is 11.5 Å². The summed E-state index contributed by atoms with van der Waals surface area (Å²) < 4.78 is 25.8. The van der Waals surface area contributed by atoms with Crippen molar-refractivity contribution in [2.75, 3.05) is 5.73 Å². The van der Waals surface area contributed by atoms with Crippen LogP contribution in [0, 0.1) is 11.6 Å². The third-order valence-electron chi connectivity index (χ3n) is 2.45. The molecular formula is C12H11F2N3. The van der Waals surface area contributed by atoms with Crippen molar-refractivity contribution >= 4 is 5.82 Å². The van der Waals surface area contributed by atoms with Crippen LogP contribution in [0.2, 0.25) is 0 Å². The molecule has 3 nitrogen and oxygen atoms in total. The normalized spacial score (nSPS) is 10.5. The van der Waals surface area contributed by atoms with Crippen molar-refractivity contribution in [2.24, 2.45) is 5.73 Å². The van der Waals surface area contributed by atoms with Crippen molar-refractivity contribution in [3.63, 3.8) is 0 Å². The summed E-state index contributed by atoms with van der Waals surface area (Å²) in [7, 11) is 0. The number of anilines is 1. The predicted molar refractivity (Wildman–Crippen MR) is 61.9 cm³/mol. The summed E-state index contributed by atoms with van der Waals surface area (Å²) in [6.07, 6.45) is 0. The van der Waals surface area contributed by atoms with Crippen LogP contribution < -0.4 is 11.5 Å². The quantitative estimate of drug-likeness (QED) is 0.837. The molecule has 0 unspecified atom stereocenters. The predicted octanol–water partition coefficient (Wildman–Crippen LogP) is 2.07. The van der Waals surface area contributed by atoms with Crippen molar-refractivity contribution in [3.8, 4) is 11.3 Å². The third-order valence-corrected chi connectivity index (χ3v) is 2.45. The van der Waals surface area contributed by atoms with Gasteiger partial charge in [0, 0.05) is 17.7 Å². The third kappa shape index (κ3) is 2.24. The molecule has 1 aromatic carbocycles. The van der Waals surface area contributed by atoms with Gasteiger partial charge in [0.1, 0.15) is 5.82 Å². The van der Waals surface area contributed by atoms with Crippen LogP contribution in [0.3, 0.4) is 0 Å². The molecule has 88 valence electrons. The number of nitrogen functional groups attached to an aromatic ring is 1. The summed E-state index contributed by atoms with van der Waals surface area (Å²) >= 11 is 0. The highest BCUT2D eigenvalue weighted by molar-refractivity contribution is 5.62. The Kier molecular flexibility index (Phi) is 3.01. The van der Waals surface area contributed by atoms with Gasteiger partial charge in [-0.15, -0.1) is 0 Å². The Morgan fingerprint density at radius 2 is 1.82 bits per heavy atom. The molecule has 0 radical (unpaired) electrons. The molecule has 0 aliphatic heterocycles. The molecule has 17 heavy (non-hydrogen) atoms. The molecule has 0 saturated carbocycles. The van der Waals surface area contributed by atoms with Crippen LogP contribution in [-0.4, -0.2) is 4.98 Å². The summed E-state index contributed by atoms with van der Waals surface area (Å²) in [6.45, 7) is 0.289. The van der Waals surface area contributed by atoms with Gasteiger partial charge in [0.2, 0.25) is 0 Å². The van der Waals surface area contributed by atoms with E-state index in [0.717, 1.165) is 17.7 Å². The molecule has 4 N–H and O–H groups in total. The molecule has 0 atom stereocenters. The Morgan fingerprint density at radius 3 is 2.41 bits per heavy atom. The molecule has 5 heteroatoms. The van der Waals surface area contributed by atoms with Gasteiger partial charge >= 0.3 is 0 Å². The number of nitrogens with two attached hydrogens (primary N) is 2. The number of hydrogen-bond donors (Lipinski definition) is 2. The highest BCUT2D eigenvalue weighted by Gasteiger charge is 2.07. The van der Waals surface area contributed by atoms with Gasteiger partial charge in [-0.2, -0.15) is 0 Å². The molecule has 0 bridgehead atoms. The number of rotatable bonds is 2. The second-order valence-electron chi connectivity index (χ2n) is 3.57. The van der Waals surface area contributed by atoms with E-state index in [2.05, 4.69) is 4.98 Å². The van der Waals surface area contributed by atoms with Crippen LogP contribution in [0.25, 0.3) is 11.3 Å². The van der Waals surface area contributed by atoms with Gasteiger partial charge in [-0.25, -0.2) is 13.8 Å². The molecule has 0 saturated heterocycles. The molecule has 2 aromatic rings. The van der Waals surface area contributed by atoms with Gasteiger partial charge < -0.3 is 11.5 Å². The van der Waals surface area contributed by atoms with Crippen LogP contribution in [-0.2, 0) is 6.54 Å². The van der Waals surface area contributed by atoms with E-state index in [0.29, 0.717) is 17.1 Å². The van der Waals surface area contributed by atoms with E-state index in [-0.39, 0.29) is 6.54 Å². The lowest BCUT2D eigenvalue weighted by Crippen LogP contribution is -2.04. The average molecular weight is 235 g/mol. The van der Waals surface area contributed by atoms with E-state index >= 15 is 0 Å². The minimum atomic E-state index is -0.911. The van der Waals surface area contributed by atoms with E-state index in [1.807, 2.05) is 0 Å². The fraction of sp³-hybridized carbons (Fsp3) is 0.0833. The lowest BCUT2D eigenvalue weighted by molar-refractivity contribution is 0.509. The Hall–Kier alpha value is -2.01. The average Bonchev–Trinajstić information content (AvgIpc) is 2.32. The van der Waals surface area contributed by atoms with E-state index < -0.39 is 11.6 Å². The van der Waals surface area contributed by atoms with Crippen molar-refractivity contribution in [2.45, 2.75) is 6.54 Å². The van der Waals surface area contributed by atoms with Crippen molar-refractivity contribution in [1.29, 1.82) is 0 Å². The lowest BCUT2D eigenvalue weighted by Gasteiger charge is -2.06. The minimum absolute atomic E-state index is 0.289. The number of nitrogens with zero attached hydrogens (tertiary/aromatic N) is 1.